The van der Waals surface area contributed by atoms with Crippen LogP contribution in [0.1, 0.15) is 264 Å². The van der Waals surface area contributed by atoms with Crippen molar-refractivity contribution in [3.05, 3.63) is 36.5 Å². The summed E-state index contributed by atoms with van der Waals surface area (Å²) in [6, 6.07) is -0.629. The maximum absolute atomic E-state index is 12.4. The third-order valence-electron chi connectivity index (χ3n) is 11.4. The minimum atomic E-state index is -0.845. The Bertz CT molecular complexity index is 836. The molecule has 0 aromatic carbocycles. The van der Waals surface area contributed by atoms with Crippen molar-refractivity contribution < 1.29 is 15.0 Å². The summed E-state index contributed by atoms with van der Waals surface area (Å²) in [7, 11) is 0. The van der Waals surface area contributed by atoms with Gasteiger partial charge in [0.1, 0.15) is 0 Å². The van der Waals surface area contributed by atoms with Gasteiger partial charge in [0, 0.05) is 6.42 Å². The molecule has 0 heterocycles. The molecule has 0 aliphatic carbocycles. The highest BCUT2D eigenvalue weighted by atomic mass is 16.3. The second-order valence-corrected chi connectivity index (χ2v) is 16.9. The first-order valence-corrected chi connectivity index (χ1v) is 24.7. The van der Waals surface area contributed by atoms with Crippen molar-refractivity contribution in [1.82, 2.24) is 5.32 Å². The fourth-order valence-corrected chi connectivity index (χ4v) is 7.55. The van der Waals surface area contributed by atoms with E-state index in [1.165, 1.54) is 199 Å². The molecule has 0 rings (SSSR count). The first kappa shape index (κ1) is 53.6. The molecule has 0 aliphatic rings. The van der Waals surface area contributed by atoms with Gasteiger partial charge in [-0.3, -0.25) is 4.79 Å². The molecule has 0 aliphatic heterocycles. The zero-order valence-corrected chi connectivity index (χ0v) is 37.2. The van der Waals surface area contributed by atoms with E-state index in [2.05, 4.69) is 43.5 Å². The van der Waals surface area contributed by atoms with E-state index < -0.39 is 12.1 Å². The maximum atomic E-state index is 12.4. The Morgan fingerprint density at radius 2 is 0.764 bits per heavy atom. The summed E-state index contributed by atoms with van der Waals surface area (Å²) in [5, 5.41) is 23.0. The zero-order chi connectivity index (χ0) is 40.0. The lowest BCUT2D eigenvalue weighted by atomic mass is 10.0. The van der Waals surface area contributed by atoms with Crippen molar-refractivity contribution in [2.45, 2.75) is 276 Å². The lowest BCUT2D eigenvalue weighted by molar-refractivity contribution is -0.123. The molecule has 0 bridgehead atoms. The molecule has 1 amide bonds. The largest absolute Gasteiger partial charge is 0.394 e. The second kappa shape index (κ2) is 47.0. The third kappa shape index (κ3) is 43.6. The molecule has 0 saturated carbocycles. The Morgan fingerprint density at radius 1 is 0.436 bits per heavy atom. The molecule has 324 valence electrons. The third-order valence-corrected chi connectivity index (χ3v) is 11.4. The predicted molar refractivity (Wildman–Crippen MR) is 244 cm³/mol. The SMILES string of the molecule is CCCC/C=C\C/C=C\CCCCCCCC(=O)NC(CO)C(O)/C=C/CCCCCCCCCCCCCCCCCCCCCCCCCCCCC. The predicted octanol–water partition coefficient (Wildman–Crippen LogP) is 15.7. The molecule has 2 atom stereocenters. The minimum absolute atomic E-state index is 0.0769. The first-order chi connectivity index (χ1) is 27.2. The molecule has 0 aromatic rings. The fraction of sp³-hybridized carbons (Fsp3) is 0.863. The first-order valence-electron chi connectivity index (χ1n) is 24.7. The normalized spacial score (nSPS) is 13.2. The minimum Gasteiger partial charge on any atom is -0.394 e. The van der Waals surface area contributed by atoms with Gasteiger partial charge < -0.3 is 15.5 Å². The van der Waals surface area contributed by atoms with Crippen LogP contribution in [0.4, 0.5) is 0 Å². The van der Waals surface area contributed by atoms with Crippen LogP contribution in [-0.4, -0.2) is 34.9 Å². The van der Waals surface area contributed by atoms with Crippen LogP contribution < -0.4 is 5.32 Å². The van der Waals surface area contributed by atoms with Crippen LogP contribution in [0.5, 0.6) is 0 Å². The van der Waals surface area contributed by atoms with Gasteiger partial charge in [-0.25, -0.2) is 0 Å². The van der Waals surface area contributed by atoms with E-state index in [0.29, 0.717) is 6.42 Å². The molecular formula is C51H97NO3. The Hall–Kier alpha value is -1.39. The quantitative estimate of drug-likeness (QED) is 0.0426. The number of hydrogen-bond donors (Lipinski definition) is 3. The molecule has 4 nitrogen and oxygen atoms in total. The highest BCUT2D eigenvalue weighted by Gasteiger charge is 2.18. The van der Waals surface area contributed by atoms with E-state index in [1.807, 2.05) is 6.08 Å². The Kier molecular flexibility index (Phi) is 45.8. The number of carbonyl (C=O) groups is 1. The Labute approximate surface area is 344 Å². The highest BCUT2D eigenvalue weighted by Crippen LogP contribution is 2.17. The van der Waals surface area contributed by atoms with E-state index in [1.54, 1.807) is 6.08 Å². The summed E-state index contributed by atoms with van der Waals surface area (Å²) in [5.74, 6) is -0.0769. The molecular weight excluding hydrogens is 675 g/mol. The Morgan fingerprint density at radius 3 is 1.15 bits per heavy atom. The molecule has 0 spiro atoms. The molecule has 0 aromatic heterocycles. The summed E-state index contributed by atoms with van der Waals surface area (Å²) in [6.45, 7) is 4.28. The molecule has 3 N–H and O–H groups in total. The van der Waals surface area contributed by atoms with Crippen LogP contribution in [0.15, 0.2) is 36.5 Å². The summed E-state index contributed by atoms with van der Waals surface area (Å²) in [5.41, 5.74) is 0. The molecule has 0 fully saturated rings. The molecule has 0 radical (unpaired) electrons. The lowest BCUT2D eigenvalue weighted by Gasteiger charge is -2.20. The molecule has 4 heteroatoms. The van der Waals surface area contributed by atoms with Crippen LogP contribution in [0, 0.1) is 0 Å². The number of aliphatic hydroxyl groups is 2. The van der Waals surface area contributed by atoms with Crippen molar-refractivity contribution in [2.75, 3.05) is 6.61 Å². The number of aliphatic hydroxyl groups excluding tert-OH is 2. The average molecular weight is 772 g/mol. The van der Waals surface area contributed by atoms with E-state index in [4.69, 9.17) is 0 Å². The van der Waals surface area contributed by atoms with Gasteiger partial charge in [0.2, 0.25) is 5.91 Å². The van der Waals surface area contributed by atoms with Gasteiger partial charge in [-0.05, 0) is 44.9 Å². The number of nitrogens with one attached hydrogen (secondary N) is 1. The maximum Gasteiger partial charge on any atom is 0.220 e. The van der Waals surface area contributed by atoms with Crippen molar-refractivity contribution in [3.63, 3.8) is 0 Å². The van der Waals surface area contributed by atoms with Crippen LogP contribution in [0.2, 0.25) is 0 Å². The Balaban J connectivity index is 3.48. The number of rotatable bonds is 45. The van der Waals surface area contributed by atoms with Crippen molar-refractivity contribution >= 4 is 5.91 Å². The fourth-order valence-electron chi connectivity index (χ4n) is 7.55. The summed E-state index contributed by atoms with van der Waals surface area (Å²) < 4.78 is 0. The standard InChI is InChI=1S/C51H97NO3/c1-3-5-7-9-11-13-15-17-19-20-21-22-23-24-25-26-27-28-29-30-31-32-33-34-36-38-40-42-44-46-50(54)49(48-53)52-51(55)47-45-43-41-39-37-35-18-16-14-12-10-8-6-4-2/h10,12,16,18,44,46,49-50,53-54H,3-9,11,13-15,17,19-43,45,47-48H2,1-2H3,(H,52,55)/b12-10-,18-16-,46-44+. The number of unbranched alkanes of at least 4 members (excludes halogenated alkanes) is 34. The summed E-state index contributed by atoms with van der Waals surface area (Å²) >= 11 is 0. The number of carbonyl (C=O) groups excluding carboxylic acids is 1. The van der Waals surface area contributed by atoms with Crippen LogP contribution in [-0.2, 0) is 4.79 Å². The van der Waals surface area contributed by atoms with Gasteiger partial charge in [0.05, 0.1) is 18.8 Å². The van der Waals surface area contributed by atoms with Crippen molar-refractivity contribution in [1.29, 1.82) is 0 Å². The van der Waals surface area contributed by atoms with Crippen molar-refractivity contribution in [3.8, 4) is 0 Å². The van der Waals surface area contributed by atoms with Crippen LogP contribution in [0.3, 0.4) is 0 Å². The molecule has 2 unspecified atom stereocenters. The molecule has 0 saturated heterocycles. The number of allylic oxidation sites excluding steroid dienone is 5. The van der Waals surface area contributed by atoms with E-state index >= 15 is 0 Å². The summed E-state index contributed by atoms with van der Waals surface area (Å²) in [6.07, 6.45) is 62.8. The van der Waals surface area contributed by atoms with Gasteiger partial charge in [-0.15, -0.1) is 0 Å². The lowest BCUT2D eigenvalue weighted by Crippen LogP contribution is -2.45. The van der Waals surface area contributed by atoms with Crippen LogP contribution in [0.25, 0.3) is 0 Å². The van der Waals surface area contributed by atoms with Gasteiger partial charge in [0.15, 0.2) is 0 Å². The number of amides is 1. The number of hydrogen-bond acceptors (Lipinski definition) is 3. The van der Waals surface area contributed by atoms with Gasteiger partial charge in [-0.2, -0.15) is 0 Å². The monoisotopic (exact) mass is 772 g/mol. The topological polar surface area (TPSA) is 69.6 Å². The van der Waals surface area contributed by atoms with Gasteiger partial charge in [-0.1, -0.05) is 249 Å². The average Bonchev–Trinajstić information content (AvgIpc) is 3.19. The zero-order valence-electron chi connectivity index (χ0n) is 37.2. The highest BCUT2D eigenvalue weighted by molar-refractivity contribution is 5.76. The summed E-state index contributed by atoms with van der Waals surface area (Å²) in [4.78, 5) is 12.4. The second-order valence-electron chi connectivity index (χ2n) is 16.9. The van der Waals surface area contributed by atoms with Gasteiger partial charge in [0.25, 0.3) is 0 Å². The smallest absolute Gasteiger partial charge is 0.220 e. The van der Waals surface area contributed by atoms with E-state index in [9.17, 15) is 15.0 Å². The van der Waals surface area contributed by atoms with Crippen LogP contribution >= 0.6 is 0 Å². The van der Waals surface area contributed by atoms with E-state index in [0.717, 1.165) is 44.9 Å². The van der Waals surface area contributed by atoms with E-state index in [-0.39, 0.29) is 12.5 Å². The molecule has 55 heavy (non-hydrogen) atoms. The van der Waals surface area contributed by atoms with Gasteiger partial charge >= 0.3 is 0 Å². The van der Waals surface area contributed by atoms with Crippen molar-refractivity contribution in [2.24, 2.45) is 0 Å².